The molecule has 2 aromatic heterocycles. The van der Waals surface area contributed by atoms with Crippen molar-refractivity contribution in [3.8, 4) is 16.8 Å². The number of rotatable bonds is 4. The van der Waals surface area contributed by atoms with Gasteiger partial charge in [-0.05, 0) is 48.9 Å². The quantitative estimate of drug-likeness (QED) is 0.528. The molecule has 0 radical (unpaired) electrons. The van der Waals surface area contributed by atoms with E-state index in [1.165, 1.54) is 4.68 Å². The largest absolute Gasteiger partial charge is 0.329 e. The maximum atomic E-state index is 12.9. The van der Waals surface area contributed by atoms with E-state index in [0.29, 0.717) is 33.7 Å². The van der Waals surface area contributed by atoms with Crippen LogP contribution in [-0.4, -0.2) is 21.2 Å². The summed E-state index contributed by atoms with van der Waals surface area (Å²) < 4.78 is 1.47. The van der Waals surface area contributed by atoms with Gasteiger partial charge < -0.3 is 5.32 Å². The van der Waals surface area contributed by atoms with Crippen LogP contribution in [0.25, 0.3) is 27.7 Å². The zero-order valence-electron chi connectivity index (χ0n) is 14.4. The van der Waals surface area contributed by atoms with Gasteiger partial charge in [-0.15, -0.1) is 0 Å². The first-order valence-corrected chi connectivity index (χ1v) is 8.63. The second kappa shape index (κ2) is 6.74. The summed E-state index contributed by atoms with van der Waals surface area (Å²) >= 11 is 5.95. The summed E-state index contributed by atoms with van der Waals surface area (Å²) in [6.07, 6.45) is 2.20. The minimum atomic E-state index is -0.191. The number of aromatic amines is 1. The molecule has 6 nitrogen and oxygen atoms in total. The lowest BCUT2D eigenvalue weighted by molar-refractivity contribution is -0.105. The highest BCUT2D eigenvalue weighted by atomic mass is 35.5. The highest BCUT2D eigenvalue weighted by Gasteiger charge is 2.16. The van der Waals surface area contributed by atoms with Gasteiger partial charge in [0, 0.05) is 28.2 Å². The van der Waals surface area contributed by atoms with Gasteiger partial charge in [0.2, 0.25) is 6.41 Å². The fourth-order valence-corrected chi connectivity index (χ4v) is 3.25. The maximum absolute atomic E-state index is 12.9. The Kier molecular flexibility index (Phi) is 4.25. The molecule has 4 rings (SSSR count). The molecular formula is C20H15ClN4O2. The average Bonchev–Trinajstić information content (AvgIpc) is 2.99. The molecule has 2 aromatic carbocycles. The van der Waals surface area contributed by atoms with Crippen LogP contribution in [0.5, 0.6) is 0 Å². The lowest BCUT2D eigenvalue weighted by Crippen LogP contribution is -2.14. The van der Waals surface area contributed by atoms with Gasteiger partial charge in [0.05, 0.1) is 16.6 Å². The standard InChI is InChI=1S/C20H15ClN4O2/c1-12-18(13-3-2-4-15(9-13)23-11-26)19-17(10-22-12)20(27)25(24-19)16-7-5-14(21)6-8-16/h2-11,24H,1H3,(H,23,26). The fourth-order valence-electron chi connectivity index (χ4n) is 3.13. The number of amides is 1. The van der Waals surface area contributed by atoms with Crippen LogP contribution in [0.15, 0.2) is 59.5 Å². The highest BCUT2D eigenvalue weighted by molar-refractivity contribution is 6.30. The summed E-state index contributed by atoms with van der Waals surface area (Å²) in [6, 6.07) is 14.4. The van der Waals surface area contributed by atoms with Gasteiger partial charge in [-0.1, -0.05) is 23.7 Å². The summed E-state index contributed by atoms with van der Waals surface area (Å²) in [6.45, 7) is 1.88. The number of pyridine rings is 1. The van der Waals surface area contributed by atoms with Gasteiger partial charge >= 0.3 is 0 Å². The van der Waals surface area contributed by atoms with Gasteiger partial charge in [-0.25, -0.2) is 4.68 Å². The van der Waals surface area contributed by atoms with Crippen LogP contribution in [0.2, 0.25) is 5.02 Å². The molecule has 7 heteroatoms. The van der Waals surface area contributed by atoms with E-state index < -0.39 is 0 Å². The van der Waals surface area contributed by atoms with Gasteiger partial charge in [0.1, 0.15) is 0 Å². The smallest absolute Gasteiger partial charge is 0.280 e. The van der Waals surface area contributed by atoms with Crippen LogP contribution in [0.4, 0.5) is 5.69 Å². The molecule has 27 heavy (non-hydrogen) atoms. The van der Waals surface area contributed by atoms with E-state index >= 15 is 0 Å². The predicted molar refractivity (Wildman–Crippen MR) is 107 cm³/mol. The third-order valence-corrected chi connectivity index (χ3v) is 4.64. The summed E-state index contributed by atoms with van der Waals surface area (Å²) in [5.41, 5.74) is 4.27. The van der Waals surface area contributed by atoms with Crippen LogP contribution in [0.1, 0.15) is 5.69 Å². The molecule has 1 amide bonds. The number of halogens is 1. The molecule has 2 heterocycles. The molecule has 2 N–H and O–H groups in total. The zero-order valence-corrected chi connectivity index (χ0v) is 15.1. The number of nitrogens with one attached hydrogen (secondary N) is 2. The summed E-state index contributed by atoms with van der Waals surface area (Å²) in [7, 11) is 0. The molecule has 0 spiro atoms. The Morgan fingerprint density at radius 3 is 2.70 bits per heavy atom. The van der Waals surface area contributed by atoms with E-state index in [9.17, 15) is 9.59 Å². The fraction of sp³-hybridized carbons (Fsp3) is 0.0500. The van der Waals surface area contributed by atoms with Gasteiger partial charge in [0.15, 0.2) is 0 Å². The Hall–Kier alpha value is -3.38. The third kappa shape index (κ3) is 3.00. The van der Waals surface area contributed by atoms with Crippen molar-refractivity contribution in [3.63, 3.8) is 0 Å². The number of H-pyrrole nitrogens is 1. The number of benzene rings is 2. The first-order chi connectivity index (χ1) is 13.1. The van der Waals surface area contributed by atoms with Crippen LogP contribution < -0.4 is 10.9 Å². The lowest BCUT2D eigenvalue weighted by Gasteiger charge is -2.08. The molecule has 0 aliphatic rings. The van der Waals surface area contributed by atoms with E-state index in [0.717, 1.165) is 16.8 Å². The number of hydrogen-bond donors (Lipinski definition) is 2. The molecule has 0 aliphatic carbocycles. The van der Waals surface area contributed by atoms with Crippen molar-refractivity contribution in [2.24, 2.45) is 0 Å². The Labute approximate surface area is 159 Å². The number of nitrogens with zero attached hydrogens (tertiary/aromatic N) is 2. The number of anilines is 1. The van der Waals surface area contributed by atoms with Crippen molar-refractivity contribution in [3.05, 3.63) is 75.8 Å². The minimum absolute atomic E-state index is 0.191. The van der Waals surface area contributed by atoms with Crippen molar-refractivity contribution < 1.29 is 4.79 Å². The molecule has 0 saturated carbocycles. The van der Waals surface area contributed by atoms with Crippen molar-refractivity contribution >= 4 is 34.6 Å². The summed E-state index contributed by atoms with van der Waals surface area (Å²) in [5.74, 6) is 0. The number of hydrogen-bond acceptors (Lipinski definition) is 3. The lowest BCUT2D eigenvalue weighted by atomic mass is 10.0. The van der Waals surface area contributed by atoms with Crippen LogP contribution in [0.3, 0.4) is 0 Å². The van der Waals surface area contributed by atoms with Gasteiger partial charge in [-0.2, -0.15) is 0 Å². The van der Waals surface area contributed by atoms with Crippen LogP contribution >= 0.6 is 11.6 Å². The number of aryl methyl sites for hydroxylation is 1. The molecule has 0 bridgehead atoms. The van der Waals surface area contributed by atoms with E-state index in [1.807, 2.05) is 25.1 Å². The van der Waals surface area contributed by atoms with E-state index in [1.54, 1.807) is 36.5 Å². The van der Waals surface area contributed by atoms with E-state index in [2.05, 4.69) is 15.4 Å². The third-order valence-electron chi connectivity index (χ3n) is 4.39. The first kappa shape index (κ1) is 17.1. The number of aromatic nitrogens is 3. The number of carbonyl (C=O) groups is 1. The van der Waals surface area contributed by atoms with Crippen molar-refractivity contribution in [2.45, 2.75) is 6.92 Å². The number of fused-ring (bicyclic) bond motifs is 1. The molecule has 4 aromatic rings. The van der Waals surface area contributed by atoms with Crippen molar-refractivity contribution in [2.75, 3.05) is 5.32 Å². The van der Waals surface area contributed by atoms with E-state index in [4.69, 9.17) is 11.6 Å². The Bertz CT molecular complexity index is 1210. The normalized spacial score (nSPS) is 10.9. The first-order valence-electron chi connectivity index (χ1n) is 8.25. The molecule has 134 valence electrons. The van der Waals surface area contributed by atoms with Gasteiger partial charge in [-0.3, -0.25) is 19.7 Å². The zero-order chi connectivity index (χ0) is 19.0. The molecule has 0 atom stereocenters. The molecule has 0 saturated heterocycles. The van der Waals surface area contributed by atoms with Crippen LogP contribution in [-0.2, 0) is 4.79 Å². The predicted octanol–water partition coefficient (Wildman–Crippen LogP) is 3.91. The molecule has 0 fully saturated rings. The molecule has 0 unspecified atom stereocenters. The Balaban J connectivity index is 1.96. The van der Waals surface area contributed by atoms with E-state index in [-0.39, 0.29) is 5.56 Å². The van der Waals surface area contributed by atoms with Crippen LogP contribution in [0, 0.1) is 6.92 Å². The minimum Gasteiger partial charge on any atom is -0.329 e. The Morgan fingerprint density at radius 1 is 1.19 bits per heavy atom. The summed E-state index contributed by atoms with van der Waals surface area (Å²) in [4.78, 5) is 28.0. The maximum Gasteiger partial charge on any atom is 0.280 e. The topological polar surface area (TPSA) is 79.8 Å². The number of carbonyl (C=O) groups excluding carboxylic acids is 1. The average molecular weight is 379 g/mol. The highest BCUT2D eigenvalue weighted by Crippen LogP contribution is 2.30. The van der Waals surface area contributed by atoms with Crippen molar-refractivity contribution in [1.29, 1.82) is 0 Å². The molecule has 0 aliphatic heterocycles. The summed E-state index contributed by atoms with van der Waals surface area (Å²) in [5, 5.41) is 6.92. The molecular weight excluding hydrogens is 364 g/mol. The Morgan fingerprint density at radius 2 is 1.96 bits per heavy atom. The monoisotopic (exact) mass is 378 g/mol. The van der Waals surface area contributed by atoms with Crippen molar-refractivity contribution in [1.82, 2.24) is 14.8 Å². The second-order valence-electron chi connectivity index (χ2n) is 6.08. The van der Waals surface area contributed by atoms with Gasteiger partial charge in [0.25, 0.3) is 5.56 Å². The SMILES string of the molecule is Cc1ncc2c(=O)n(-c3ccc(Cl)cc3)[nH]c2c1-c1cccc(NC=O)c1. The second-order valence-corrected chi connectivity index (χ2v) is 6.52.